The Kier molecular flexibility index (Phi) is 23.6. The van der Waals surface area contributed by atoms with Crippen molar-refractivity contribution in [3.63, 3.8) is 0 Å². The highest BCUT2D eigenvalue weighted by molar-refractivity contribution is 5.80. The summed E-state index contributed by atoms with van der Waals surface area (Å²) in [7, 11) is 4.48. The molecule has 0 rings (SSSR count). The molecule has 0 saturated carbocycles. The summed E-state index contributed by atoms with van der Waals surface area (Å²) in [5, 5.41) is 7.60. The van der Waals surface area contributed by atoms with Gasteiger partial charge in [0.25, 0.3) is 0 Å². The van der Waals surface area contributed by atoms with Crippen LogP contribution in [0.2, 0.25) is 0 Å². The van der Waals surface area contributed by atoms with E-state index in [0.29, 0.717) is 6.79 Å². The van der Waals surface area contributed by atoms with Gasteiger partial charge >= 0.3 is 11.9 Å². The molecule has 0 radical (unpaired) electrons. The first kappa shape index (κ1) is 19.8. The molecule has 0 aliphatic carbocycles. The molecule has 94 valence electrons. The minimum absolute atomic E-state index is 0.389. The zero-order valence-electron chi connectivity index (χ0n) is 9.76. The maximum atomic E-state index is 9.84. The molecule has 16 heavy (non-hydrogen) atoms. The lowest BCUT2D eigenvalue weighted by Crippen LogP contribution is -1.91. The number of carboxylic acids is 1. The van der Waals surface area contributed by atoms with E-state index in [0.717, 1.165) is 12.2 Å². The van der Waals surface area contributed by atoms with Crippen LogP contribution in [0.15, 0.2) is 25.3 Å². The van der Waals surface area contributed by atoms with E-state index >= 15 is 0 Å². The van der Waals surface area contributed by atoms with Crippen LogP contribution in [0.5, 0.6) is 0 Å². The van der Waals surface area contributed by atoms with Gasteiger partial charge in [-0.25, -0.2) is 9.59 Å². The fraction of sp³-hybridized carbons (Fsp3) is 0.400. The van der Waals surface area contributed by atoms with Crippen molar-refractivity contribution in [1.82, 2.24) is 0 Å². The zero-order valence-corrected chi connectivity index (χ0v) is 9.76. The number of carbonyl (C=O) groups is 2. The number of esters is 1. The third-order valence-electron chi connectivity index (χ3n) is 0.778. The Balaban J connectivity index is -0.000000160. The molecule has 0 heterocycles. The molecule has 0 unspecified atom stereocenters. The maximum Gasteiger partial charge on any atom is 0.329 e. The maximum absolute atomic E-state index is 9.84. The Morgan fingerprint density at radius 2 is 1.50 bits per heavy atom. The molecule has 0 aromatic carbocycles. The molecule has 0 fully saturated rings. The van der Waals surface area contributed by atoms with Gasteiger partial charge in [-0.15, -0.1) is 0 Å². The monoisotopic (exact) mass is 234 g/mol. The lowest BCUT2D eigenvalue weighted by molar-refractivity contribution is -0.135. The summed E-state index contributed by atoms with van der Waals surface area (Å²) in [5.74, 6) is -1.37. The van der Waals surface area contributed by atoms with E-state index < -0.39 is 11.9 Å². The fourth-order valence-corrected chi connectivity index (χ4v) is 0.201. The highest BCUT2D eigenvalue weighted by atomic mass is 16.6. The standard InChI is InChI=1S/C4H6O2.C3H8O2.C3H4O2/c1-3-4(5)6-2;1-4-3-5-2;1-2-3(4)5/h3H,1H2,2H3;3H2,1-2H3;2H,1H2,(H,4,5). The van der Waals surface area contributed by atoms with Crippen molar-refractivity contribution in [1.29, 1.82) is 0 Å². The quantitative estimate of drug-likeness (QED) is 0.441. The van der Waals surface area contributed by atoms with Crippen LogP contribution in [0.25, 0.3) is 0 Å². The van der Waals surface area contributed by atoms with Gasteiger partial charge in [-0.3, -0.25) is 0 Å². The van der Waals surface area contributed by atoms with Crippen molar-refractivity contribution in [2.75, 3.05) is 28.1 Å². The number of rotatable bonds is 4. The summed E-state index contributed by atoms with van der Waals surface area (Å²) < 4.78 is 13.1. The number of hydrogen-bond donors (Lipinski definition) is 1. The van der Waals surface area contributed by atoms with Crippen molar-refractivity contribution in [2.45, 2.75) is 0 Å². The predicted octanol–water partition coefficient (Wildman–Crippen LogP) is 0.839. The topological polar surface area (TPSA) is 82.1 Å². The largest absolute Gasteiger partial charge is 0.478 e. The molecule has 0 aromatic rings. The highest BCUT2D eigenvalue weighted by Crippen LogP contribution is 1.67. The second-order valence-corrected chi connectivity index (χ2v) is 1.96. The van der Waals surface area contributed by atoms with Gasteiger partial charge in [0.2, 0.25) is 0 Å². The number of carbonyl (C=O) groups excluding carboxylic acids is 1. The molecule has 0 aliphatic heterocycles. The molecule has 0 aromatic heterocycles. The number of hydrogen-bond acceptors (Lipinski definition) is 5. The molecule has 0 atom stereocenters. The van der Waals surface area contributed by atoms with Crippen LogP contribution in [0, 0.1) is 0 Å². The van der Waals surface area contributed by atoms with Gasteiger partial charge in [0.1, 0.15) is 6.79 Å². The summed E-state index contributed by atoms with van der Waals surface area (Å²) in [5.41, 5.74) is 0. The first-order valence-electron chi connectivity index (χ1n) is 4.03. The fourth-order valence-electron chi connectivity index (χ4n) is 0.201. The molecule has 6 nitrogen and oxygen atoms in total. The van der Waals surface area contributed by atoms with Gasteiger partial charge in [0.15, 0.2) is 0 Å². The number of ether oxygens (including phenoxy) is 3. The van der Waals surface area contributed by atoms with E-state index in [1.165, 1.54) is 7.11 Å². The van der Waals surface area contributed by atoms with Crippen molar-refractivity contribution in [3.05, 3.63) is 25.3 Å². The smallest absolute Gasteiger partial charge is 0.329 e. The van der Waals surface area contributed by atoms with Gasteiger partial charge in [-0.1, -0.05) is 13.2 Å². The van der Waals surface area contributed by atoms with E-state index in [9.17, 15) is 9.59 Å². The van der Waals surface area contributed by atoms with Gasteiger partial charge in [-0.2, -0.15) is 0 Å². The van der Waals surface area contributed by atoms with Gasteiger partial charge in [-0.05, 0) is 0 Å². The number of carboxylic acid groups (broad SMARTS) is 1. The molecular formula is C10H18O6. The minimum Gasteiger partial charge on any atom is -0.478 e. The third-order valence-corrected chi connectivity index (χ3v) is 0.778. The van der Waals surface area contributed by atoms with Crippen LogP contribution in [0.1, 0.15) is 0 Å². The molecule has 1 N–H and O–H groups in total. The summed E-state index contributed by atoms with van der Waals surface area (Å²) in [6, 6.07) is 0. The second kappa shape index (κ2) is 19.0. The minimum atomic E-state index is -0.981. The van der Waals surface area contributed by atoms with Gasteiger partial charge in [0, 0.05) is 26.4 Å². The Hall–Kier alpha value is -1.66. The molecule has 0 spiro atoms. The van der Waals surface area contributed by atoms with Gasteiger partial charge in [0.05, 0.1) is 7.11 Å². The lowest BCUT2D eigenvalue weighted by Gasteiger charge is -1.87. The normalized spacial score (nSPS) is 7.19. The van der Waals surface area contributed by atoms with E-state index in [4.69, 9.17) is 5.11 Å². The van der Waals surface area contributed by atoms with Crippen molar-refractivity contribution < 1.29 is 28.9 Å². The summed E-state index contributed by atoms with van der Waals surface area (Å²) in [6.07, 6.45) is 1.94. The first-order chi connectivity index (χ1) is 7.49. The Morgan fingerprint density at radius 3 is 1.50 bits per heavy atom. The van der Waals surface area contributed by atoms with Crippen LogP contribution in [-0.2, 0) is 23.8 Å². The average molecular weight is 234 g/mol. The summed E-state index contributed by atoms with van der Waals surface area (Å²) >= 11 is 0. The van der Waals surface area contributed by atoms with E-state index in [1.54, 1.807) is 14.2 Å². The van der Waals surface area contributed by atoms with Crippen LogP contribution in [-0.4, -0.2) is 45.2 Å². The molecule has 0 saturated heterocycles. The second-order valence-electron chi connectivity index (χ2n) is 1.96. The molecule has 0 aliphatic rings. The number of aliphatic carboxylic acids is 1. The van der Waals surface area contributed by atoms with Crippen LogP contribution < -0.4 is 0 Å². The average Bonchev–Trinajstić information content (AvgIpc) is 2.30. The molecule has 0 bridgehead atoms. The van der Waals surface area contributed by atoms with Crippen molar-refractivity contribution in [3.8, 4) is 0 Å². The van der Waals surface area contributed by atoms with Crippen molar-refractivity contribution in [2.24, 2.45) is 0 Å². The van der Waals surface area contributed by atoms with E-state index in [1.807, 2.05) is 0 Å². The van der Waals surface area contributed by atoms with Crippen LogP contribution in [0.3, 0.4) is 0 Å². The summed E-state index contributed by atoms with van der Waals surface area (Å²) in [4.78, 5) is 19.1. The number of methoxy groups -OCH3 is 3. The zero-order chi connectivity index (χ0) is 13.4. The lowest BCUT2D eigenvalue weighted by atomic mass is 10.7. The Bertz CT molecular complexity index is 197. The molecular weight excluding hydrogens is 216 g/mol. The van der Waals surface area contributed by atoms with Gasteiger partial charge < -0.3 is 19.3 Å². The summed E-state index contributed by atoms with van der Waals surface area (Å²) in [6.45, 7) is 6.51. The van der Waals surface area contributed by atoms with Crippen LogP contribution in [0.4, 0.5) is 0 Å². The Labute approximate surface area is 95.1 Å². The third kappa shape index (κ3) is 39.5. The first-order valence-corrected chi connectivity index (χ1v) is 4.03. The Morgan fingerprint density at radius 1 is 1.12 bits per heavy atom. The SMILES string of the molecule is C=CC(=O)O.C=CC(=O)OC.COCOC. The highest BCUT2D eigenvalue weighted by Gasteiger charge is 1.81. The molecule has 6 heteroatoms. The van der Waals surface area contributed by atoms with E-state index in [-0.39, 0.29) is 0 Å². The predicted molar refractivity (Wildman–Crippen MR) is 58.9 cm³/mol. The van der Waals surface area contributed by atoms with E-state index in [2.05, 4.69) is 27.4 Å². The van der Waals surface area contributed by atoms with Crippen molar-refractivity contribution >= 4 is 11.9 Å². The van der Waals surface area contributed by atoms with Crippen LogP contribution >= 0.6 is 0 Å². The molecule has 0 amide bonds.